The molecule has 0 fully saturated rings. The Balaban J connectivity index is 1.67. The fourth-order valence-corrected chi connectivity index (χ4v) is 2.90. The highest BCUT2D eigenvalue weighted by atomic mass is 35.5. The van der Waals surface area contributed by atoms with Gasteiger partial charge in [0.15, 0.2) is 0 Å². The maximum absolute atomic E-state index is 6.10. The molecule has 3 rings (SSSR count). The van der Waals surface area contributed by atoms with Gasteiger partial charge in [0.05, 0.1) is 7.11 Å². The van der Waals surface area contributed by atoms with Crippen molar-refractivity contribution in [2.75, 3.05) is 24.3 Å². The van der Waals surface area contributed by atoms with Crippen molar-refractivity contribution in [2.45, 2.75) is 20.3 Å². The second kappa shape index (κ2) is 8.73. The maximum atomic E-state index is 6.10. The van der Waals surface area contributed by atoms with E-state index in [9.17, 15) is 0 Å². The SMILES string of the molecule is COc1cccc(CCNc2nc(C)cc(Nc3cc(Cl)ccc3C)n2)c1. The number of anilines is 3. The molecular formula is C21H23ClN4O. The number of aromatic nitrogens is 2. The molecule has 0 radical (unpaired) electrons. The van der Waals surface area contributed by atoms with Crippen LogP contribution in [0.3, 0.4) is 0 Å². The van der Waals surface area contributed by atoms with Crippen molar-refractivity contribution >= 4 is 29.1 Å². The number of hydrogen-bond acceptors (Lipinski definition) is 5. The molecule has 0 bridgehead atoms. The fourth-order valence-electron chi connectivity index (χ4n) is 2.73. The molecule has 0 aliphatic carbocycles. The van der Waals surface area contributed by atoms with Gasteiger partial charge < -0.3 is 15.4 Å². The first-order valence-electron chi connectivity index (χ1n) is 8.79. The van der Waals surface area contributed by atoms with E-state index in [1.165, 1.54) is 5.56 Å². The molecule has 6 heteroatoms. The predicted octanol–water partition coefficient (Wildman–Crippen LogP) is 5.15. The highest BCUT2D eigenvalue weighted by molar-refractivity contribution is 6.30. The quantitative estimate of drug-likeness (QED) is 0.591. The number of nitrogens with zero attached hydrogens (tertiary/aromatic N) is 2. The number of ether oxygens (including phenoxy) is 1. The minimum atomic E-state index is 0.597. The Labute approximate surface area is 164 Å². The van der Waals surface area contributed by atoms with Gasteiger partial charge in [-0.25, -0.2) is 4.98 Å². The number of rotatable bonds is 7. The first kappa shape index (κ1) is 19.0. The second-order valence-electron chi connectivity index (χ2n) is 6.33. The average Bonchev–Trinajstić information content (AvgIpc) is 2.64. The average molecular weight is 383 g/mol. The lowest BCUT2D eigenvalue weighted by atomic mass is 10.1. The zero-order chi connectivity index (χ0) is 19.2. The molecule has 0 spiro atoms. The Hall–Kier alpha value is -2.79. The van der Waals surface area contributed by atoms with Crippen LogP contribution in [0.15, 0.2) is 48.5 Å². The minimum Gasteiger partial charge on any atom is -0.497 e. The van der Waals surface area contributed by atoms with Gasteiger partial charge in [-0.15, -0.1) is 0 Å². The molecule has 1 aromatic heterocycles. The van der Waals surface area contributed by atoms with Crippen LogP contribution < -0.4 is 15.4 Å². The summed E-state index contributed by atoms with van der Waals surface area (Å²) in [6, 6.07) is 15.7. The smallest absolute Gasteiger partial charge is 0.224 e. The van der Waals surface area contributed by atoms with E-state index >= 15 is 0 Å². The molecule has 0 aliphatic heterocycles. The molecular weight excluding hydrogens is 360 g/mol. The highest BCUT2D eigenvalue weighted by Crippen LogP contribution is 2.24. The summed E-state index contributed by atoms with van der Waals surface area (Å²) in [5, 5.41) is 7.31. The van der Waals surface area contributed by atoms with Crippen molar-refractivity contribution in [3.63, 3.8) is 0 Å². The van der Waals surface area contributed by atoms with E-state index in [0.29, 0.717) is 11.0 Å². The van der Waals surface area contributed by atoms with Gasteiger partial charge in [0.2, 0.25) is 5.95 Å². The number of nitrogens with one attached hydrogen (secondary N) is 2. The lowest BCUT2D eigenvalue weighted by Gasteiger charge is -2.12. The van der Waals surface area contributed by atoms with E-state index in [1.807, 2.05) is 56.3 Å². The van der Waals surface area contributed by atoms with Crippen LogP contribution in [-0.2, 0) is 6.42 Å². The summed E-state index contributed by atoms with van der Waals surface area (Å²) < 4.78 is 5.26. The third kappa shape index (κ3) is 5.34. The standard InChI is InChI=1S/C21H23ClN4O/c1-14-7-8-17(22)13-19(14)25-20-11-15(2)24-21(26-20)23-10-9-16-5-4-6-18(12-16)27-3/h4-8,11-13H,9-10H2,1-3H3,(H2,23,24,25,26). The molecule has 2 N–H and O–H groups in total. The fraction of sp³-hybridized carbons (Fsp3) is 0.238. The van der Waals surface area contributed by atoms with Crippen molar-refractivity contribution in [1.29, 1.82) is 0 Å². The van der Waals surface area contributed by atoms with Crippen LogP contribution in [0.1, 0.15) is 16.8 Å². The van der Waals surface area contributed by atoms with Crippen LogP contribution in [0.25, 0.3) is 0 Å². The van der Waals surface area contributed by atoms with Crippen molar-refractivity contribution in [1.82, 2.24) is 9.97 Å². The van der Waals surface area contributed by atoms with Crippen LogP contribution in [0, 0.1) is 13.8 Å². The summed E-state index contributed by atoms with van der Waals surface area (Å²) >= 11 is 6.10. The number of hydrogen-bond donors (Lipinski definition) is 2. The Morgan fingerprint density at radius 2 is 1.89 bits per heavy atom. The molecule has 140 valence electrons. The minimum absolute atomic E-state index is 0.597. The summed E-state index contributed by atoms with van der Waals surface area (Å²) in [6.07, 6.45) is 0.852. The van der Waals surface area contributed by atoms with Gasteiger partial charge in [-0.2, -0.15) is 4.98 Å². The highest BCUT2D eigenvalue weighted by Gasteiger charge is 2.05. The molecule has 0 aliphatic rings. The van der Waals surface area contributed by atoms with Crippen LogP contribution >= 0.6 is 11.6 Å². The summed E-state index contributed by atoms with van der Waals surface area (Å²) in [5.74, 6) is 2.19. The van der Waals surface area contributed by atoms with Crippen LogP contribution in [0.5, 0.6) is 5.75 Å². The summed E-state index contributed by atoms with van der Waals surface area (Å²) in [6.45, 7) is 4.71. The second-order valence-corrected chi connectivity index (χ2v) is 6.77. The predicted molar refractivity (Wildman–Crippen MR) is 111 cm³/mol. The first-order chi connectivity index (χ1) is 13.0. The van der Waals surface area contributed by atoms with E-state index in [0.717, 1.165) is 41.5 Å². The van der Waals surface area contributed by atoms with E-state index in [1.54, 1.807) is 7.11 Å². The van der Waals surface area contributed by atoms with Crippen LogP contribution in [0.4, 0.5) is 17.5 Å². The largest absolute Gasteiger partial charge is 0.497 e. The number of aryl methyl sites for hydroxylation is 2. The topological polar surface area (TPSA) is 59.1 Å². The summed E-state index contributed by atoms with van der Waals surface area (Å²) in [4.78, 5) is 9.03. The van der Waals surface area contributed by atoms with Gasteiger partial charge in [-0.1, -0.05) is 29.8 Å². The summed E-state index contributed by atoms with van der Waals surface area (Å²) in [7, 11) is 1.67. The summed E-state index contributed by atoms with van der Waals surface area (Å²) in [5.41, 5.74) is 4.12. The third-order valence-electron chi connectivity index (χ3n) is 4.15. The molecule has 0 saturated heterocycles. The monoisotopic (exact) mass is 382 g/mol. The lowest BCUT2D eigenvalue weighted by Crippen LogP contribution is -2.10. The maximum Gasteiger partial charge on any atom is 0.224 e. The lowest BCUT2D eigenvalue weighted by molar-refractivity contribution is 0.414. The van der Waals surface area contributed by atoms with Crippen molar-refractivity contribution in [2.24, 2.45) is 0 Å². The van der Waals surface area contributed by atoms with Crippen molar-refractivity contribution < 1.29 is 4.74 Å². The van der Waals surface area contributed by atoms with Gasteiger partial charge in [-0.3, -0.25) is 0 Å². The zero-order valence-corrected chi connectivity index (χ0v) is 16.5. The van der Waals surface area contributed by atoms with Gasteiger partial charge in [0, 0.05) is 29.0 Å². The number of methoxy groups -OCH3 is 1. The van der Waals surface area contributed by atoms with Gasteiger partial charge in [0.1, 0.15) is 11.6 Å². The van der Waals surface area contributed by atoms with Gasteiger partial charge in [0.25, 0.3) is 0 Å². The molecule has 2 aromatic carbocycles. The third-order valence-corrected chi connectivity index (χ3v) is 4.38. The Bertz CT molecular complexity index is 930. The van der Waals surface area contributed by atoms with Crippen LogP contribution in [-0.4, -0.2) is 23.6 Å². The first-order valence-corrected chi connectivity index (χ1v) is 9.17. The molecule has 0 amide bonds. The molecule has 1 heterocycles. The van der Waals surface area contributed by atoms with Gasteiger partial charge >= 0.3 is 0 Å². The van der Waals surface area contributed by atoms with Crippen molar-refractivity contribution in [3.05, 3.63) is 70.4 Å². The van der Waals surface area contributed by atoms with Crippen LogP contribution in [0.2, 0.25) is 5.02 Å². The Morgan fingerprint density at radius 3 is 2.70 bits per heavy atom. The zero-order valence-electron chi connectivity index (χ0n) is 15.7. The molecule has 0 atom stereocenters. The Kier molecular flexibility index (Phi) is 6.14. The molecule has 0 unspecified atom stereocenters. The number of halogens is 1. The Morgan fingerprint density at radius 1 is 1.04 bits per heavy atom. The molecule has 5 nitrogen and oxygen atoms in total. The van der Waals surface area contributed by atoms with E-state index in [4.69, 9.17) is 16.3 Å². The van der Waals surface area contributed by atoms with E-state index in [-0.39, 0.29) is 0 Å². The molecule has 0 saturated carbocycles. The van der Waals surface area contributed by atoms with Crippen molar-refractivity contribution in [3.8, 4) is 5.75 Å². The molecule has 3 aromatic rings. The van der Waals surface area contributed by atoms with E-state index < -0.39 is 0 Å². The van der Waals surface area contributed by atoms with E-state index in [2.05, 4.69) is 26.7 Å². The molecule has 27 heavy (non-hydrogen) atoms. The number of benzene rings is 2. The normalized spacial score (nSPS) is 10.5. The van der Waals surface area contributed by atoms with Gasteiger partial charge in [-0.05, 0) is 55.7 Å².